The van der Waals surface area contributed by atoms with Crippen LogP contribution in [0.3, 0.4) is 0 Å². The number of nitrogens with one attached hydrogen (secondary N) is 1. The van der Waals surface area contributed by atoms with Crippen LogP contribution in [0.1, 0.15) is 42.5 Å². The molecule has 0 spiro atoms. The average molecular weight is 296 g/mol. The van der Waals surface area contributed by atoms with E-state index in [-0.39, 0.29) is 5.91 Å². The predicted octanol–water partition coefficient (Wildman–Crippen LogP) is 2.10. The van der Waals surface area contributed by atoms with Crippen molar-refractivity contribution in [2.24, 2.45) is 0 Å². The molecule has 1 aliphatic heterocycles. The maximum atomic E-state index is 12.0. The summed E-state index contributed by atoms with van der Waals surface area (Å²) in [5, 5.41) is 15.7. The Balaban J connectivity index is 1.63. The molecule has 1 aromatic heterocycles. The minimum absolute atomic E-state index is 0.0626. The molecule has 2 rings (SSSR count). The summed E-state index contributed by atoms with van der Waals surface area (Å²) in [5.74, 6) is 0.0626. The molecule has 1 aromatic rings. The van der Waals surface area contributed by atoms with Gasteiger partial charge in [-0.3, -0.25) is 4.79 Å². The third kappa shape index (κ3) is 4.89. The molecule has 0 aromatic carbocycles. The van der Waals surface area contributed by atoms with Crippen molar-refractivity contribution in [1.29, 1.82) is 0 Å². The Kier molecular flexibility index (Phi) is 6.50. The minimum atomic E-state index is 0.0626. The van der Waals surface area contributed by atoms with Gasteiger partial charge in [-0.2, -0.15) is 11.3 Å². The summed E-state index contributed by atoms with van der Waals surface area (Å²) in [6.07, 6.45) is 5.25. The zero-order valence-corrected chi connectivity index (χ0v) is 12.7. The molecule has 1 amide bonds. The van der Waals surface area contributed by atoms with Crippen LogP contribution in [0.4, 0.5) is 0 Å². The molecular weight excluding hydrogens is 272 g/mol. The van der Waals surface area contributed by atoms with Gasteiger partial charge in [-0.1, -0.05) is 0 Å². The van der Waals surface area contributed by atoms with Gasteiger partial charge in [0.1, 0.15) is 0 Å². The van der Waals surface area contributed by atoms with Gasteiger partial charge in [0.2, 0.25) is 0 Å². The molecule has 0 radical (unpaired) electrons. The van der Waals surface area contributed by atoms with E-state index in [1.54, 1.807) is 11.3 Å². The van der Waals surface area contributed by atoms with Gasteiger partial charge in [-0.25, -0.2) is 0 Å². The average Bonchev–Trinajstić information content (AvgIpc) is 3.00. The highest BCUT2D eigenvalue weighted by Gasteiger charge is 2.20. The Morgan fingerprint density at radius 3 is 2.80 bits per heavy atom. The first-order valence-corrected chi connectivity index (χ1v) is 8.40. The fourth-order valence-electron chi connectivity index (χ4n) is 2.59. The van der Waals surface area contributed by atoms with Crippen molar-refractivity contribution in [3.8, 4) is 0 Å². The van der Waals surface area contributed by atoms with Gasteiger partial charge < -0.3 is 15.3 Å². The van der Waals surface area contributed by atoms with E-state index in [2.05, 4.69) is 10.2 Å². The van der Waals surface area contributed by atoms with Crippen LogP contribution in [0.2, 0.25) is 0 Å². The van der Waals surface area contributed by atoms with Crippen molar-refractivity contribution in [2.75, 3.05) is 26.2 Å². The predicted molar refractivity (Wildman–Crippen MR) is 82.2 cm³/mol. The van der Waals surface area contributed by atoms with E-state index in [0.29, 0.717) is 12.6 Å². The van der Waals surface area contributed by atoms with Crippen molar-refractivity contribution in [2.45, 2.75) is 38.1 Å². The van der Waals surface area contributed by atoms with E-state index < -0.39 is 0 Å². The third-order valence-corrected chi connectivity index (χ3v) is 4.52. The largest absolute Gasteiger partial charge is 0.396 e. The fourth-order valence-corrected chi connectivity index (χ4v) is 3.22. The molecule has 1 aliphatic rings. The first-order valence-electron chi connectivity index (χ1n) is 7.46. The van der Waals surface area contributed by atoms with Crippen LogP contribution in [-0.4, -0.2) is 48.2 Å². The van der Waals surface area contributed by atoms with Crippen LogP contribution in [0.25, 0.3) is 0 Å². The number of likely N-dealkylation sites (tertiary alicyclic amines) is 1. The number of nitrogens with zero attached hydrogens (tertiary/aromatic N) is 1. The summed E-state index contributed by atoms with van der Waals surface area (Å²) < 4.78 is 0. The molecule has 112 valence electrons. The minimum Gasteiger partial charge on any atom is -0.396 e. The zero-order valence-electron chi connectivity index (χ0n) is 11.9. The second kappa shape index (κ2) is 8.39. The number of carbonyl (C=O) groups excluding carboxylic acids is 1. The highest BCUT2D eigenvalue weighted by Crippen LogP contribution is 2.13. The molecule has 2 N–H and O–H groups in total. The molecule has 0 aliphatic carbocycles. The van der Waals surface area contributed by atoms with E-state index in [9.17, 15) is 4.79 Å². The highest BCUT2D eigenvalue weighted by atomic mass is 32.1. The van der Waals surface area contributed by atoms with E-state index >= 15 is 0 Å². The molecule has 1 fully saturated rings. The number of hydrogen-bond donors (Lipinski definition) is 2. The van der Waals surface area contributed by atoms with Gasteiger partial charge in [0, 0.05) is 36.7 Å². The third-order valence-electron chi connectivity index (χ3n) is 3.84. The number of amides is 1. The van der Waals surface area contributed by atoms with Crippen molar-refractivity contribution >= 4 is 17.2 Å². The second-order valence-electron chi connectivity index (χ2n) is 5.39. The lowest BCUT2D eigenvalue weighted by atomic mass is 10.0. The van der Waals surface area contributed by atoms with Crippen LogP contribution in [-0.2, 0) is 0 Å². The normalized spacial score (nSPS) is 17.2. The highest BCUT2D eigenvalue weighted by molar-refractivity contribution is 7.08. The van der Waals surface area contributed by atoms with E-state index in [0.717, 1.165) is 57.3 Å². The number of aliphatic hydroxyl groups excluding tert-OH is 1. The Bertz CT molecular complexity index is 387. The van der Waals surface area contributed by atoms with Crippen LogP contribution in [0.15, 0.2) is 16.8 Å². The van der Waals surface area contributed by atoms with Gasteiger partial charge >= 0.3 is 0 Å². The van der Waals surface area contributed by atoms with Crippen LogP contribution in [0, 0.1) is 0 Å². The number of rotatable bonds is 7. The smallest absolute Gasteiger partial charge is 0.252 e. The Morgan fingerprint density at radius 1 is 1.35 bits per heavy atom. The van der Waals surface area contributed by atoms with E-state index in [4.69, 9.17) is 5.11 Å². The SMILES string of the molecule is O=C(NC1CCN(CCCCCO)CC1)c1ccsc1. The lowest BCUT2D eigenvalue weighted by Gasteiger charge is -2.32. The molecule has 0 saturated carbocycles. The molecule has 0 bridgehead atoms. The van der Waals surface area contributed by atoms with Crippen molar-refractivity contribution < 1.29 is 9.90 Å². The maximum absolute atomic E-state index is 12.0. The Labute approximate surface area is 124 Å². The number of thiophene rings is 1. The number of hydrogen-bond acceptors (Lipinski definition) is 4. The van der Waals surface area contributed by atoms with Gasteiger partial charge in [-0.15, -0.1) is 0 Å². The van der Waals surface area contributed by atoms with Crippen LogP contribution in [0.5, 0.6) is 0 Å². The standard InChI is InChI=1S/C15H24N2O2S/c18-10-3-1-2-7-17-8-4-14(5-9-17)16-15(19)13-6-11-20-12-13/h6,11-12,14,18H,1-5,7-10H2,(H,16,19). The van der Waals surface area contributed by atoms with Crippen LogP contribution >= 0.6 is 11.3 Å². The molecule has 1 saturated heterocycles. The number of aliphatic hydroxyl groups is 1. The van der Waals surface area contributed by atoms with Crippen LogP contribution < -0.4 is 5.32 Å². The summed E-state index contributed by atoms with van der Waals surface area (Å²) in [7, 11) is 0. The first kappa shape index (κ1) is 15.5. The number of carbonyl (C=O) groups is 1. The summed E-state index contributed by atoms with van der Waals surface area (Å²) in [5.41, 5.74) is 0.779. The number of unbranched alkanes of at least 4 members (excludes halogenated alkanes) is 2. The molecule has 4 nitrogen and oxygen atoms in total. The quantitative estimate of drug-likeness (QED) is 0.758. The first-order chi connectivity index (χ1) is 9.79. The summed E-state index contributed by atoms with van der Waals surface area (Å²) in [6.45, 7) is 3.54. The Morgan fingerprint density at radius 2 is 2.15 bits per heavy atom. The van der Waals surface area contributed by atoms with E-state index in [1.807, 2.05) is 16.8 Å². The van der Waals surface area contributed by atoms with Gasteiger partial charge in [0.15, 0.2) is 0 Å². The van der Waals surface area contributed by atoms with Crippen molar-refractivity contribution in [3.05, 3.63) is 22.4 Å². The topological polar surface area (TPSA) is 52.6 Å². The van der Waals surface area contributed by atoms with Crippen molar-refractivity contribution in [3.63, 3.8) is 0 Å². The molecule has 0 unspecified atom stereocenters. The molecule has 0 atom stereocenters. The van der Waals surface area contributed by atoms with Gasteiger partial charge in [0.25, 0.3) is 5.91 Å². The second-order valence-corrected chi connectivity index (χ2v) is 6.17. The molecule has 2 heterocycles. The number of piperidine rings is 1. The summed E-state index contributed by atoms with van der Waals surface area (Å²) in [4.78, 5) is 14.4. The maximum Gasteiger partial charge on any atom is 0.252 e. The zero-order chi connectivity index (χ0) is 14.2. The van der Waals surface area contributed by atoms with Crippen molar-refractivity contribution in [1.82, 2.24) is 10.2 Å². The van der Waals surface area contributed by atoms with Gasteiger partial charge in [-0.05, 0) is 50.1 Å². The molecule has 20 heavy (non-hydrogen) atoms. The fraction of sp³-hybridized carbons (Fsp3) is 0.667. The summed E-state index contributed by atoms with van der Waals surface area (Å²) >= 11 is 1.56. The van der Waals surface area contributed by atoms with Gasteiger partial charge in [0.05, 0.1) is 0 Å². The lowest BCUT2D eigenvalue weighted by Crippen LogP contribution is -2.44. The molecule has 5 heteroatoms. The van der Waals surface area contributed by atoms with E-state index in [1.165, 1.54) is 0 Å². The lowest BCUT2D eigenvalue weighted by molar-refractivity contribution is 0.0911. The Hall–Kier alpha value is -0.910. The summed E-state index contributed by atoms with van der Waals surface area (Å²) in [6, 6.07) is 2.19. The molecular formula is C15H24N2O2S. The monoisotopic (exact) mass is 296 g/mol.